The van der Waals surface area contributed by atoms with E-state index in [0.717, 1.165) is 12.1 Å². The molecular formula is C19H16Cl2N4O. The maximum absolute atomic E-state index is 12.3. The van der Waals surface area contributed by atoms with Gasteiger partial charge >= 0.3 is 0 Å². The van der Waals surface area contributed by atoms with Crippen molar-refractivity contribution in [2.45, 2.75) is 13.3 Å². The molecule has 0 aliphatic heterocycles. The fourth-order valence-corrected chi connectivity index (χ4v) is 2.70. The summed E-state index contributed by atoms with van der Waals surface area (Å²) in [5.41, 5.74) is 2.92. The molecule has 2 N–H and O–H groups in total. The van der Waals surface area contributed by atoms with Gasteiger partial charge < -0.3 is 10.6 Å². The number of anilines is 3. The van der Waals surface area contributed by atoms with Crippen molar-refractivity contribution < 1.29 is 4.79 Å². The smallest absolute Gasteiger partial charge is 0.258 e. The first-order chi connectivity index (χ1) is 12.5. The SMILES string of the molecule is CCc1ccc(NC(=O)c2cnc(Nc3ccc(Cl)cc3Cl)nc2)cc1. The number of rotatable bonds is 5. The van der Waals surface area contributed by atoms with Gasteiger partial charge in [-0.05, 0) is 42.3 Å². The molecule has 0 bridgehead atoms. The van der Waals surface area contributed by atoms with E-state index in [9.17, 15) is 4.79 Å². The van der Waals surface area contributed by atoms with E-state index in [1.165, 1.54) is 18.0 Å². The van der Waals surface area contributed by atoms with Crippen LogP contribution in [0.1, 0.15) is 22.8 Å². The highest BCUT2D eigenvalue weighted by molar-refractivity contribution is 6.36. The third kappa shape index (κ3) is 4.50. The third-order valence-electron chi connectivity index (χ3n) is 3.71. The van der Waals surface area contributed by atoms with Gasteiger partial charge in [0.05, 0.1) is 16.3 Å². The Hall–Kier alpha value is -2.63. The van der Waals surface area contributed by atoms with Crippen molar-refractivity contribution in [2.75, 3.05) is 10.6 Å². The Bertz CT molecular complexity index is 912. The zero-order valence-electron chi connectivity index (χ0n) is 14.0. The first-order valence-electron chi connectivity index (χ1n) is 7.99. The number of aromatic nitrogens is 2. The van der Waals surface area contributed by atoms with Gasteiger partial charge in [0.15, 0.2) is 0 Å². The molecule has 26 heavy (non-hydrogen) atoms. The van der Waals surface area contributed by atoms with Crippen molar-refractivity contribution in [2.24, 2.45) is 0 Å². The molecule has 0 atom stereocenters. The molecule has 7 heteroatoms. The highest BCUT2D eigenvalue weighted by Crippen LogP contribution is 2.27. The van der Waals surface area contributed by atoms with Crippen LogP contribution in [0.2, 0.25) is 10.0 Å². The van der Waals surface area contributed by atoms with Crippen LogP contribution in [-0.4, -0.2) is 15.9 Å². The third-order valence-corrected chi connectivity index (χ3v) is 4.26. The van der Waals surface area contributed by atoms with Crippen LogP contribution in [0.15, 0.2) is 54.9 Å². The first-order valence-corrected chi connectivity index (χ1v) is 8.75. The van der Waals surface area contributed by atoms with Crippen LogP contribution in [0.3, 0.4) is 0 Å². The van der Waals surface area contributed by atoms with Gasteiger partial charge in [-0.25, -0.2) is 9.97 Å². The minimum absolute atomic E-state index is 0.273. The Labute approximate surface area is 161 Å². The van der Waals surface area contributed by atoms with Gasteiger partial charge in [0.25, 0.3) is 5.91 Å². The summed E-state index contributed by atoms with van der Waals surface area (Å²) in [6.45, 7) is 2.08. The standard InChI is InChI=1S/C19H16Cl2N4O/c1-2-12-3-6-15(7-4-12)24-18(26)13-10-22-19(23-11-13)25-17-8-5-14(20)9-16(17)21/h3-11H,2H2,1H3,(H,24,26)(H,22,23,25). The van der Waals surface area contributed by atoms with E-state index in [2.05, 4.69) is 27.5 Å². The molecule has 1 heterocycles. The molecule has 5 nitrogen and oxygen atoms in total. The molecule has 0 fully saturated rings. The Balaban J connectivity index is 1.67. The number of hydrogen-bond donors (Lipinski definition) is 2. The van der Waals surface area contributed by atoms with Crippen LogP contribution in [0.25, 0.3) is 0 Å². The summed E-state index contributed by atoms with van der Waals surface area (Å²) in [5, 5.41) is 6.80. The van der Waals surface area contributed by atoms with Gasteiger partial charge in [0.2, 0.25) is 5.95 Å². The lowest BCUT2D eigenvalue weighted by Crippen LogP contribution is -2.13. The summed E-state index contributed by atoms with van der Waals surface area (Å²) in [4.78, 5) is 20.6. The molecule has 2 aromatic carbocycles. The first kappa shape index (κ1) is 18.2. The lowest BCUT2D eigenvalue weighted by molar-refractivity contribution is 0.102. The number of carbonyl (C=O) groups is 1. The number of halogens is 2. The topological polar surface area (TPSA) is 66.9 Å². The summed E-state index contributed by atoms with van der Waals surface area (Å²) in [6, 6.07) is 12.8. The number of carbonyl (C=O) groups excluding carboxylic acids is 1. The van der Waals surface area contributed by atoms with Gasteiger partial charge in [0.1, 0.15) is 0 Å². The van der Waals surface area contributed by atoms with Crippen molar-refractivity contribution in [3.05, 3.63) is 76.0 Å². The van der Waals surface area contributed by atoms with Crippen molar-refractivity contribution in [3.8, 4) is 0 Å². The van der Waals surface area contributed by atoms with Gasteiger partial charge in [-0.15, -0.1) is 0 Å². The molecule has 3 rings (SSSR count). The van der Waals surface area contributed by atoms with Crippen LogP contribution in [0.5, 0.6) is 0 Å². The van der Waals surface area contributed by atoms with Crippen molar-refractivity contribution in [3.63, 3.8) is 0 Å². The average molecular weight is 387 g/mol. The highest BCUT2D eigenvalue weighted by Gasteiger charge is 2.09. The molecular weight excluding hydrogens is 371 g/mol. The van der Waals surface area contributed by atoms with E-state index < -0.39 is 0 Å². The number of amides is 1. The lowest BCUT2D eigenvalue weighted by atomic mass is 10.1. The summed E-state index contributed by atoms with van der Waals surface area (Å²) in [7, 11) is 0. The highest BCUT2D eigenvalue weighted by atomic mass is 35.5. The number of nitrogens with one attached hydrogen (secondary N) is 2. The Morgan fingerprint density at radius 1 is 1.04 bits per heavy atom. The molecule has 0 aliphatic carbocycles. The predicted molar refractivity (Wildman–Crippen MR) is 106 cm³/mol. The van der Waals surface area contributed by atoms with Gasteiger partial charge in [0, 0.05) is 23.1 Å². The van der Waals surface area contributed by atoms with Crippen molar-refractivity contribution >= 4 is 46.4 Å². The van der Waals surface area contributed by atoms with E-state index >= 15 is 0 Å². The largest absolute Gasteiger partial charge is 0.323 e. The van der Waals surface area contributed by atoms with E-state index in [0.29, 0.717) is 27.2 Å². The van der Waals surface area contributed by atoms with E-state index in [1.54, 1.807) is 18.2 Å². The Morgan fingerprint density at radius 3 is 2.35 bits per heavy atom. The van der Waals surface area contributed by atoms with E-state index in [1.807, 2.05) is 24.3 Å². The van der Waals surface area contributed by atoms with Crippen LogP contribution in [0, 0.1) is 0 Å². The maximum Gasteiger partial charge on any atom is 0.258 e. The fraction of sp³-hybridized carbons (Fsp3) is 0.105. The van der Waals surface area contributed by atoms with Crippen molar-refractivity contribution in [1.82, 2.24) is 9.97 Å². The molecule has 132 valence electrons. The summed E-state index contributed by atoms with van der Waals surface area (Å²) in [6.07, 6.45) is 3.86. The van der Waals surface area contributed by atoms with E-state index in [-0.39, 0.29) is 5.91 Å². The van der Waals surface area contributed by atoms with Crippen LogP contribution >= 0.6 is 23.2 Å². The quantitative estimate of drug-likeness (QED) is 0.620. The molecule has 0 saturated heterocycles. The van der Waals surface area contributed by atoms with Crippen LogP contribution in [-0.2, 0) is 6.42 Å². The monoisotopic (exact) mass is 386 g/mol. The van der Waals surface area contributed by atoms with Gasteiger partial charge in [-0.3, -0.25) is 4.79 Å². The zero-order chi connectivity index (χ0) is 18.5. The average Bonchev–Trinajstić information content (AvgIpc) is 2.65. The molecule has 3 aromatic rings. The number of benzene rings is 2. The summed E-state index contributed by atoms with van der Waals surface area (Å²) >= 11 is 12.0. The molecule has 0 aliphatic rings. The molecule has 1 aromatic heterocycles. The molecule has 0 saturated carbocycles. The molecule has 0 radical (unpaired) electrons. The molecule has 1 amide bonds. The second-order valence-electron chi connectivity index (χ2n) is 5.55. The van der Waals surface area contributed by atoms with Crippen molar-refractivity contribution in [1.29, 1.82) is 0 Å². The Morgan fingerprint density at radius 2 is 1.73 bits per heavy atom. The van der Waals surface area contributed by atoms with Crippen LogP contribution in [0.4, 0.5) is 17.3 Å². The number of hydrogen-bond acceptors (Lipinski definition) is 4. The fourth-order valence-electron chi connectivity index (χ4n) is 2.25. The minimum atomic E-state index is -0.273. The minimum Gasteiger partial charge on any atom is -0.323 e. The predicted octanol–water partition coefficient (Wildman–Crippen LogP) is 5.34. The second kappa shape index (κ2) is 8.17. The van der Waals surface area contributed by atoms with Gasteiger partial charge in [-0.1, -0.05) is 42.3 Å². The number of nitrogens with zero attached hydrogens (tertiary/aromatic N) is 2. The van der Waals surface area contributed by atoms with Gasteiger partial charge in [-0.2, -0.15) is 0 Å². The summed E-state index contributed by atoms with van der Waals surface area (Å²) in [5.74, 6) is 0.0587. The van der Waals surface area contributed by atoms with E-state index in [4.69, 9.17) is 23.2 Å². The second-order valence-corrected chi connectivity index (χ2v) is 6.39. The Kier molecular flexibility index (Phi) is 5.71. The normalized spacial score (nSPS) is 10.4. The molecule has 0 spiro atoms. The maximum atomic E-state index is 12.3. The number of aryl methyl sites for hydroxylation is 1. The summed E-state index contributed by atoms with van der Waals surface area (Å²) < 4.78 is 0. The molecule has 0 unspecified atom stereocenters. The zero-order valence-corrected chi connectivity index (χ0v) is 15.5. The lowest BCUT2D eigenvalue weighted by Gasteiger charge is -2.08. The van der Waals surface area contributed by atoms with Crippen LogP contribution < -0.4 is 10.6 Å².